The van der Waals surface area contributed by atoms with E-state index >= 15 is 0 Å². The number of amides is 2. The molecule has 0 aliphatic heterocycles. The molecule has 7 heteroatoms. The monoisotopic (exact) mass is 299 g/mol. The van der Waals surface area contributed by atoms with Gasteiger partial charge in [0.1, 0.15) is 6.04 Å². The van der Waals surface area contributed by atoms with E-state index in [1.165, 1.54) is 18.1 Å². The molecule has 0 saturated carbocycles. The van der Waals surface area contributed by atoms with Gasteiger partial charge in [0, 0.05) is 26.2 Å². The van der Waals surface area contributed by atoms with Crippen molar-refractivity contribution in [1.29, 1.82) is 0 Å². The van der Waals surface area contributed by atoms with Crippen LogP contribution in [-0.4, -0.2) is 50.6 Å². The van der Waals surface area contributed by atoms with Crippen LogP contribution in [0.4, 0.5) is 5.69 Å². The van der Waals surface area contributed by atoms with E-state index in [1.807, 2.05) is 0 Å². The molecule has 0 fully saturated rings. The molecule has 1 rings (SSSR count). The van der Waals surface area contributed by atoms with Gasteiger partial charge in [-0.1, -0.05) is 11.6 Å². The van der Waals surface area contributed by atoms with Crippen LogP contribution in [-0.2, 0) is 9.53 Å². The lowest BCUT2D eigenvalue weighted by molar-refractivity contribution is -0.118. The lowest BCUT2D eigenvalue weighted by atomic mass is 10.1. The number of nitrogens with one attached hydrogen (secondary N) is 1. The molecule has 6 nitrogen and oxygen atoms in total. The third-order valence-corrected chi connectivity index (χ3v) is 2.79. The average Bonchev–Trinajstić information content (AvgIpc) is 2.38. The average molecular weight is 300 g/mol. The Kier molecular flexibility index (Phi) is 5.94. The Balaban J connectivity index is 3.01. The van der Waals surface area contributed by atoms with Crippen molar-refractivity contribution in [1.82, 2.24) is 4.90 Å². The lowest BCUT2D eigenvalue weighted by Crippen LogP contribution is -2.39. The molecule has 0 aliphatic carbocycles. The van der Waals surface area contributed by atoms with Crippen molar-refractivity contribution in [3.63, 3.8) is 0 Å². The topological polar surface area (TPSA) is 84.7 Å². The molecule has 0 aliphatic rings. The summed E-state index contributed by atoms with van der Waals surface area (Å²) in [5.74, 6) is -0.681. The first-order valence-corrected chi connectivity index (χ1v) is 6.31. The zero-order chi connectivity index (χ0) is 15.3. The minimum Gasteiger partial charge on any atom is -0.383 e. The van der Waals surface area contributed by atoms with E-state index in [4.69, 9.17) is 22.1 Å². The molecule has 0 saturated heterocycles. The van der Waals surface area contributed by atoms with E-state index in [-0.39, 0.29) is 12.5 Å². The highest BCUT2D eigenvalue weighted by Gasteiger charge is 2.18. The van der Waals surface area contributed by atoms with Crippen molar-refractivity contribution in [3.8, 4) is 0 Å². The summed E-state index contributed by atoms with van der Waals surface area (Å²) in [5.41, 5.74) is 6.31. The van der Waals surface area contributed by atoms with Gasteiger partial charge in [-0.25, -0.2) is 0 Å². The van der Waals surface area contributed by atoms with E-state index < -0.39 is 11.9 Å². The molecule has 0 aromatic heterocycles. The van der Waals surface area contributed by atoms with Crippen molar-refractivity contribution in [2.75, 3.05) is 33.1 Å². The van der Waals surface area contributed by atoms with Gasteiger partial charge in [-0.3, -0.25) is 9.59 Å². The molecule has 1 unspecified atom stereocenters. The van der Waals surface area contributed by atoms with Gasteiger partial charge in [0.05, 0.1) is 17.9 Å². The minimum atomic E-state index is -0.818. The Morgan fingerprint density at radius 2 is 2.10 bits per heavy atom. The van der Waals surface area contributed by atoms with E-state index in [0.717, 1.165) is 0 Å². The summed E-state index contributed by atoms with van der Waals surface area (Å²) in [5, 5.41) is 3.01. The quantitative estimate of drug-likeness (QED) is 0.848. The Morgan fingerprint density at radius 3 is 2.65 bits per heavy atom. The number of anilines is 1. The van der Waals surface area contributed by atoms with E-state index in [0.29, 0.717) is 16.3 Å². The summed E-state index contributed by atoms with van der Waals surface area (Å²) in [6.07, 6.45) is 0. The number of hydrogen-bond acceptors (Lipinski definition) is 4. The highest BCUT2D eigenvalue weighted by molar-refractivity contribution is 6.31. The number of carbonyl (C=O) groups is 2. The molecule has 110 valence electrons. The molecule has 1 aromatic rings. The number of carbonyl (C=O) groups excluding carboxylic acids is 2. The predicted octanol–water partition coefficient (Wildman–Crippen LogP) is 0.954. The smallest absolute Gasteiger partial charge is 0.255 e. The van der Waals surface area contributed by atoms with Crippen molar-refractivity contribution < 1.29 is 14.3 Å². The van der Waals surface area contributed by atoms with Gasteiger partial charge in [0.25, 0.3) is 5.91 Å². The van der Waals surface area contributed by atoms with Gasteiger partial charge in [-0.2, -0.15) is 0 Å². The first-order valence-electron chi connectivity index (χ1n) is 5.93. The third-order valence-electron chi connectivity index (χ3n) is 2.56. The summed E-state index contributed by atoms with van der Waals surface area (Å²) >= 11 is 5.89. The Hall–Kier alpha value is -1.63. The van der Waals surface area contributed by atoms with Crippen LogP contribution in [0, 0.1) is 0 Å². The highest BCUT2D eigenvalue weighted by atomic mass is 35.5. The second-order valence-electron chi connectivity index (χ2n) is 4.44. The van der Waals surface area contributed by atoms with Crippen molar-refractivity contribution in [2.45, 2.75) is 6.04 Å². The third kappa shape index (κ3) is 4.19. The van der Waals surface area contributed by atoms with E-state index in [2.05, 4.69) is 5.32 Å². The van der Waals surface area contributed by atoms with Gasteiger partial charge in [-0.15, -0.1) is 0 Å². The Labute approximate surface area is 122 Å². The normalized spacial score (nSPS) is 11.8. The van der Waals surface area contributed by atoms with Crippen LogP contribution in [0.25, 0.3) is 0 Å². The summed E-state index contributed by atoms with van der Waals surface area (Å²) in [6.45, 7) is 0.0867. The van der Waals surface area contributed by atoms with Crippen LogP contribution in [0.2, 0.25) is 5.02 Å². The summed E-state index contributed by atoms with van der Waals surface area (Å²) in [6, 6.07) is 3.84. The number of hydrogen-bond donors (Lipinski definition) is 2. The van der Waals surface area contributed by atoms with Crippen molar-refractivity contribution >= 4 is 29.1 Å². The van der Waals surface area contributed by atoms with E-state index in [9.17, 15) is 9.59 Å². The summed E-state index contributed by atoms with van der Waals surface area (Å²) < 4.78 is 4.82. The minimum absolute atomic E-state index is 0.0867. The van der Waals surface area contributed by atoms with Crippen LogP contribution in [0.5, 0.6) is 0 Å². The van der Waals surface area contributed by atoms with Crippen molar-refractivity contribution in [2.24, 2.45) is 5.73 Å². The number of benzene rings is 1. The Morgan fingerprint density at radius 1 is 1.45 bits per heavy atom. The number of rotatable bonds is 5. The molecule has 0 radical (unpaired) electrons. The van der Waals surface area contributed by atoms with Crippen LogP contribution < -0.4 is 11.1 Å². The Bertz CT molecular complexity index is 506. The first-order chi connectivity index (χ1) is 9.36. The maximum atomic E-state index is 12.0. The van der Waals surface area contributed by atoms with Gasteiger partial charge in [0.2, 0.25) is 5.91 Å². The van der Waals surface area contributed by atoms with Gasteiger partial charge >= 0.3 is 0 Å². The second-order valence-corrected chi connectivity index (χ2v) is 4.88. The summed E-state index contributed by atoms with van der Waals surface area (Å²) in [4.78, 5) is 25.3. The fraction of sp³-hybridized carbons (Fsp3) is 0.385. The molecule has 20 heavy (non-hydrogen) atoms. The molecule has 3 N–H and O–H groups in total. The largest absolute Gasteiger partial charge is 0.383 e. The van der Waals surface area contributed by atoms with Gasteiger partial charge < -0.3 is 20.7 Å². The fourth-order valence-electron chi connectivity index (χ4n) is 1.53. The predicted molar refractivity (Wildman–Crippen MR) is 78.0 cm³/mol. The molecule has 1 aromatic carbocycles. The van der Waals surface area contributed by atoms with Gasteiger partial charge in [0.15, 0.2) is 0 Å². The SMILES string of the molecule is COCC(N)C(=O)Nc1cc(Cl)ccc1C(=O)N(C)C. The molecule has 2 amide bonds. The first kappa shape index (κ1) is 16.4. The number of ether oxygens (including phenoxy) is 1. The molecule has 0 bridgehead atoms. The standard InChI is InChI=1S/C13H18ClN3O3/c1-17(2)13(19)9-5-4-8(14)6-11(9)16-12(18)10(15)7-20-3/h4-6,10H,7,15H2,1-3H3,(H,16,18). The van der Waals surface area contributed by atoms with Crippen LogP contribution in [0.15, 0.2) is 18.2 Å². The molecule has 0 spiro atoms. The maximum Gasteiger partial charge on any atom is 0.255 e. The van der Waals surface area contributed by atoms with Crippen LogP contribution in [0.1, 0.15) is 10.4 Å². The van der Waals surface area contributed by atoms with Gasteiger partial charge in [-0.05, 0) is 18.2 Å². The second kappa shape index (κ2) is 7.23. The van der Waals surface area contributed by atoms with Crippen LogP contribution in [0.3, 0.4) is 0 Å². The zero-order valence-electron chi connectivity index (χ0n) is 11.6. The maximum absolute atomic E-state index is 12.0. The highest BCUT2D eigenvalue weighted by Crippen LogP contribution is 2.22. The number of halogens is 1. The number of nitrogens with two attached hydrogens (primary N) is 1. The fourth-order valence-corrected chi connectivity index (χ4v) is 1.70. The van der Waals surface area contributed by atoms with Crippen molar-refractivity contribution in [3.05, 3.63) is 28.8 Å². The van der Waals surface area contributed by atoms with Crippen LogP contribution >= 0.6 is 11.6 Å². The zero-order valence-corrected chi connectivity index (χ0v) is 12.4. The van der Waals surface area contributed by atoms with E-state index in [1.54, 1.807) is 26.2 Å². The summed E-state index contributed by atoms with van der Waals surface area (Å²) in [7, 11) is 4.70. The lowest BCUT2D eigenvalue weighted by Gasteiger charge is -2.17. The molecular formula is C13H18ClN3O3. The molecule has 1 atom stereocenters. The number of methoxy groups -OCH3 is 1. The number of nitrogens with zero attached hydrogens (tertiary/aromatic N) is 1. The molecule has 0 heterocycles. The molecular weight excluding hydrogens is 282 g/mol.